The van der Waals surface area contributed by atoms with Crippen molar-refractivity contribution in [3.05, 3.63) is 185 Å². The summed E-state index contributed by atoms with van der Waals surface area (Å²) in [6.45, 7) is -7.48. The normalized spacial score (nSPS) is 18.6. The SMILES string of the molecule is [2H]C([2H])([2H])c1c[c-]c(-c2ccc(C([2H])([2H])C(C)(C)C)cn2)cc1-c1ccccc1.[2H]C([2H])([2H])c1ccc2c(n1)oc1c(-c3cc(-c4cc(C([2H])([2H])[2H])c(-c5ccc(C6([2H])CCCC6)cc5)cc4C([2H])([2H])[2H])c(C([2H])([2H])[2H])cn3)[c-]ccc12.[Ir]. The maximum atomic E-state index is 8.88. The fraction of sp³-hybridized carbons (Fsp3) is 0.250. The third-order valence-corrected chi connectivity index (χ3v) is 11.3. The van der Waals surface area contributed by atoms with Crippen LogP contribution in [0.15, 0.2) is 138 Å². The van der Waals surface area contributed by atoms with Gasteiger partial charge in [0.05, 0.1) is 5.58 Å². The number of pyridine rings is 3. The van der Waals surface area contributed by atoms with Gasteiger partial charge in [-0.15, -0.1) is 47.5 Å². The Kier molecular flexibility index (Phi) is 8.32. The van der Waals surface area contributed by atoms with Gasteiger partial charge in [0.1, 0.15) is 0 Å². The Hall–Kier alpha value is -6.00. The molecule has 0 spiro atoms. The summed E-state index contributed by atoms with van der Waals surface area (Å²) in [7, 11) is 0. The Balaban J connectivity index is 0.000000254. The van der Waals surface area contributed by atoms with Crippen LogP contribution in [0.4, 0.5) is 0 Å². The van der Waals surface area contributed by atoms with Crippen LogP contribution in [-0.2, 0) is 26.5 Å². The standard InChI is InChI=1S/C37H33N2O.C23H24N.Ir/c1-22-19-33(23(2)18-32(22)28-15-13-27(14-16-28)26-8-5-6-9-26)34-20-35(38-21-24(34)3)31-11-7-10-29-30-17-12-25(4)39-37(30)40-36(29)31;1-17-10-12-20(14-21(17)19-8-6-5-7-9-19)22-13-11-18(16-24-22)15-23(2,3)4;/h7,10,12-21,26H,5-6,8-9H2,1-4H3;5-11,13-14,16H,15H2,1-4H3;/q2*-1;/i1D3,2D3,3D3,4D3,26D;1D3,15D2;. The predicted molar refractivity (Wildman–Crippen MR) is 266 cm³/mol. The predicted octanol–water partition coefficient (Wildman–Crippen LogP) is 16.2. The summed E-state index contributed by atoms with van der Waals surface area (Å²) >= 11 is 0. The second kappa shape index (κ2) is 19.2. The molecule has 5 aromatic carbocycles. The van der Waals surface area contributed by atoms with E-state index in [0.717, 1.165) is 43.0 Å². The van der Waals surface area contributed by atoms with Crippen LogP contribution < -0.4 is 0 Å². The molecular formula is C60H57IrN3O-2. The molecule has 0 amide bonds. The van der Waals surface area contributed by atoms with E-state index in [9.17, 15) is 0 Å². The van der Waals surface area contributed by atoms with Crippen LogP contribution in [0.1, 0.15) is 116 Å². The number of hydrogen-bond acceptors (Lipinski definition) is 4. The smallest absolute Gasteiger partial charge is 0.216 e. The summed E-state index contributed by atoms with van der Waals surface area (Å²) in [6, 6.07) is 39.5. The van der Waals surface area contributed by atoms with Crippen molar-refractivity contribution in [1.82, 2.24) is 15.0 Å². The van der Waals surface area contributed by atoms with Gasteiger partial charge in [0, 0.05) is 68.3 Å². The Morgan fingerprint density at radius 3 is 2.11 bits per heavy atom. The number of furan rings is 1. The molecule has 329 valence electrons. The molecule has 4 nitrogen and oxygen atoms in total. The van der Waals surface area contributed by atoms with E-state index in [2.05, 4.69) is 27.1 Å². The minimum atomic E-state index is -2.81. The molecule has 0 aliphatic heterocycles. The minimum absolute atomic E-state index is 0. The second-order valence-electron chi connectivity index (χ2n) is 17.0. The third kappa shape index (κ3) is 9.98. The summed E-state index contributed by atoms with van der Waals surface area (Å²) in [5.74, 6) is -0.731. The fourth-order valence-corrected chi connectivity index (χ4v) is 8.22. The summed E-state index contributed by atoms with van der Waals surface area (Å²) < 4.78 is 155. The van der Waals surface area contributed by atoms with Gasteiger partial charge >= 0.3 is 0 Å². The largest absolute Gasteiger partial charge is 0.486 e. The number of rotatable bonds is 7. The van der Waals surface area contributed by atoms with E-state index in [1.807, 2.05) is 51.1 Å². The molecule has 0 atom stereocenters. The molecule has 10 rings (SSSR count). The van der Waals surface area contributed by atoms with Gasteiger partial charge in [0.15, 0.2) is 0 Å². The van der Waals surface area contributed by atoms with E-state index < -0.39 is 51.9 Å². The molecule has 5 heteroatoms. The van der Waals surface area contributed by atoms with Crippen molar-refractivity contribution in [2.75, 3.05) is 0 Å². The van der Waals surface area contributed by atoms with Gasteiger partial charge in [-0.25, -0.2) is 4.98 Å². The van der Waals surface area contributed by atoms with Crippen molar-refractivity contribution >= 4 is 22.1 Å². The molecule has 1 aliphatic rings. The van der Waals surface area contributed by atoms with Crippen molar-refractivity contribution < 1.29 is 49.2 Å². The number of fused-ring (bicyclic) bond motifs is 3. The fourth-order valence-electron chi connectivity index (χ4n) is 8.22. The van der Waals surface area contributed by atoms with Crippen molar-refractivity contribution in [2.45, 2.75) is 93.0 Å². The second-order valence-corrected chi connectivity index (χ2v) is 17.0. The van der Waals surface area contributed by atoms with E-state index in [-0.39, 0.29) is 87.3 Å². The van der Waals surface area contributed by atoms with Gasteiger partial charge in [-0.1, -0.05) is 142 Å². The average Bonchev–Trinajstić information content (AvgIpc) is 2.56. The van der Waals surface area contributed by atoms with Gasteiger partial charge in [0.25, 0.3) is 0 Å². The molecule has 0 N–H and O–H groups in total. The van der Waals surface area contributed by atoms with Crippen LogP contribution >= 0.6 is 0 Å². The molecule has 0 saturated heterocycles. The first kappa shape index (κ1) is 28.1. The van der Waals surface area contributed by atoms with Crippen molar-refractivity contribution in [3.8, 4) is 55.9 Å². The zero-order valence-corrected chi connectivity index (χ0v) is 38.5. The topological polar surface area (TPSA) is 51.8 Å². The van der Waals surface area contributed by atoms with Crippen LogP contribution in [0.5, 0.6) is 0 Å². The van der Waals surface area contributed by atoms with Crippen LogP contribution in [0.2, 0.25) is 0 Å². The third-order valence-electron chi connectivity index (χ3n) is 11.3. The molecule has 1 aliphatic carbocycles. The molecule has 9 aromatic rings. The van der Waals surface area contributed by atoms with Crippen molar-refractivity contribution in [3.63, 3.8) is 0 Å². The first-order chi connectivity index (χ1) is 38.1. The first-order valence-corrected chi connectivity index (χ1v) is 21.2. The van der Waals surface area contributed by atoms with Crippen molar-refractivity contribution in [2.24, 2.45) is 5.41 Å². The molecule has 0 bridgehead atoms. The Morgan fingerprint density at radius 2 is 1.38 bits per heavy atom. The quantitative estimate of drug-likeness (QED) is 0.149. The molecule has 1 saturated carbocycles. The molecule has 1 radical (unpaired) electrons. The van der Waals surface area contributed by atoms with E-state index >= 15 is 0 Å². The summed E-state index contributed by atoms with van der Waals surface area (Å²) in [5, 5.41) is 1.09. The summed E-state index contributed by atoms with van der Waals surface area (Å²) in [4.78, 5) is 13.1. The molecule has 1 fully saturated rings. The van der Waals surface area contributed by atoms with Crippen LogP contribution in [0.3, 0.4) is 0 Å². The van der Waals surface area contributed by atoms with Gasteiger partial charge in [-0.05, 0) is 137 Å². The Bertz CT molecular complexity index is 3810. The summed E-state index contributed by atoms with van der Waals surface area (Å²) in [5.41, 5.74) is 3.99. The molecule has 4 aromatic heterocycles. The molecule has 0 unspecified atom stereocenters. The molecular weight excluding hydrogens is 971 g/mol. The first-order valence-electron chi connectivity index (χ1n) is 30.2. The van der Waals surface area contributed by atoms with Gasteiger partial charge in [-0.2, -0.15) is 0 Å². The Labute approximate surface area is 424 Å². The number of hydrogen-bond donors (Lipinski definition) is 0. The van der Waals surface area contributed by atoms with E-state index in [0.29, 0.717) is 38.7 Å². The van der Waals surface area contributed by atoms with Gasteiger partial charge < -0.3 is 14.4 Å². The number of aromatic nitrogens is 3. The number of benzene rings is 5. The molecule has 65 heavy (non-hydrogen) atoms. The maximum Gasteiger partial charge on any atom is 0.216 e. The van der Waals surface area contributed by atoms with Crippen molar-refractivity contribution in [1.29, 1.82) is 0 Å². The van der Waals surface area contributed by atoms with Crippen LogP contribution in [0, 0.1) is 51.8 Å². The zero-order chi connectivity index (χ0) is 59.8. The summed E-state index contributed by atoms with van der Waals surface area (Å²) in [6.07, 6.45) is 4.47. The van der Waals surface area contributed by atoms with Crippen LogP contribution in [-0.4, -0.2) is 15.0 Å². The van der Waals surface area contributed by atoms with E-state index in [1.165, 1.54) is 30.3 Å². The zero-order valence-electron chi connectivity index (χ0n) is 54.1. The average molecular weight is 1050 g/mol. The van der Waals surface area contributed by atoms with Gasteiger partial charge in [-0.3, -0.25) is 0 Å². The Morgan fingerprint density at radius 1 is 0.677 bits per heavy atom. The van der Waals surface area contributed by atoms with E-state index in [1.54, 1.807) is 66.9 Å². The van der Waals surface area contributed by atoms with Crippen LogP contribution in [0.25, 0.3) is 78.0 Å². The molecule has 4 heterocycles. The van der Waals surface area contributed by atoms with E-state index in [4.69, 9.17) is 29.1 Å². The number of nitrogens with zero attached hydrogens (tertiary/aromatic N) is 3. The maximum absolute atomic E-state index is 8.88. The minimum Gasteiger partial charge on any atom is -0.486 e. The monoisotopic (exact) mass is 1050 g/mol. The number of aryl methyl sites for hydroxylation is 5. The van der Waals surface area contributed by atoms with Gasteiger partial charge in [0.2, 0.25) is 5.71 Å².